The molecule has 4 heteroatoms. The molecule has 1 rings (SSSR count). The minimum absolute atomic E-state index is 0.0126. The lowest BCUT2D eigenvalue weighted by atomic mass is 10.1. The van der Waals surface area contributed by atoms with E-state index in [1.165, 1.54) is 0 Å². The van der Waals surface area contributed by atoms with Crippen molar-refractivity contribution in [3.05, 3.63) is 34.9 Å². The lowest BCUT2D eigenvalue weighted by Crippen LogP contribution is -2.34. The number of carbonyl (C=O) groups excluding carboxylic acids is 1. The van der Waals surface area contributed by atoms with E-state index in [-0.39, 0.29) is 10.7 Å². The molecule has 1 aromatic carbocycles. The van der Waals surface area contributed by atoms with Crippen LogP contribution >= 0.6 is 27.5 Å². The Labute approximate surface area is 116 Å². The highest BCUT2D eigenvalue weighted by molar-refractivity contribution is 9.10. The van der Waals surface area contributed by atoms with Crippen LogP contribution in [0, 0.1) is 5.92 Å². The van der Waals surface area contributed by atoms with Crippen LogP contribution in [0.1, 0.15) is 19.4 Å². The van der Waals surface area contributed by atoms with E-state index in [0.717, 1.165) is 5.56 Å². The molecule has 2 nitrogen and oxygen atoms in total. The minimum Gasteiger partial charge on any atom is -0.355 e. The zero-order chi connectivity index (χ0) is 12.8. The number of rotatable bonds is 5. The van der Waals surface area contributed by atoms with Crippen LogP contribution in [0.2, 0.25) is 5.02 Å². The van der Waals surface area contributed by atoms with Gasteiger partial charge >= 0.3 is 0 Å². The van der Waals surface area contributed by atoms with Gasteiger partial charge < -0.3 is 5.32 Å². The minimum atomic E-state index is -0.235. The fraction of sp³-hybridized carbons (Fsp3) is 0.462. The number of benzene rings is 1. The van der Waals surface area contributed by atoms with Gasteiger partial charge in [-0.3, -0.25) is 4.79 Å². The molecule has 1 unspecified atom stereocenters. The fourth-order valence-electron chi connectivity index (χ4n) is 1.37. The van der Waals surface area contributed by atoms with Crippen LogP contribution in [-0.4, -0.2) is 17.3 Å². The van der Waals surface area contributed by atoms with E-state index in [1.807, 2.05) is 24.3 Å². The zero-order valence-corrected chi connectivity index (χ0v) is 12.4. The first-order valence-electron chi connectivity index (χ1n) is 5.66. The quantitative estimate of drug-likeness (QED) is 0.828. The summed E-state index contributed by atoms with van der Waals surface area (Å²) in [5.74, 6) is 0.470. The van der Waals surface area contributed by atoms with Gasteiger partial charge in [-0.2, -0.15) is 0 Å². The van der Waals surface area contributed by atoms with Crippen LogP contribution in [0.3, 0.4) is 0 Å². The normalized spacial score (nSPS) is 12.5. The molecule has 0 radical (unpaired) electrons. The molecule has 1 atom stereocenters. The van der Waals surface area contributed by atoms with Crippen molar-refractivity contribution in [3.8, 4) is 0 Å². The van der Waals surface area contributed by atoms with E-state index < -0.39 is 0 Å². The summed E-state index contributed by atoms with van der Waals surface area (Å²) in [6.45, 7) is 4.83. The third-order valence-corrected chi connectivity index (χ3v) is 3.43. The zero-order valence-electron chi connectivity index (χ0n) is 10.0. The van der Waals surface area contributed by atoms with Crippen molar-refractivity contribution in [2.45, 2.75) is 25.1 Å². The number of hydrogen-bond donors (Lipinski definition) is 1. The Kier molecular flexibility index (Phi) is 6.00. The first-order chi connectivity index (χ1) is 8.00. The maximum absolute atomic E-state index is 11.8. The number of carbonyl (C=O) groups is 1. The average molecular weight is 319 g/mol. The second-order valence-electron chi connectivity index (χ2n) is 4.40. The Morgan fingerprint density at radius 1 is 1.41 bits per heavy atom. The molecule has 0 saturated carbocycles. The molecule has 1 aromatic rings. The summed E-state index contributed by atoms with van der Waals surface area (Å²) in [5, 5.41) is 3.60. The van der Waals surface area contributed by atoms with Gasteiger partial charge in [0.25, 0.3) is 0 Å². The molecule has 0 aromatic heterocycles. The lowest BCUT2D eigenvalue weighted by molar-refractivity contribution is -0.120. The van der Waals surface area contributed by atoms with Crippen LogP contribution in [0.4, 0.5) is 0 Å². The van der Waals surface area contributed by atoms with E-state index in [4.69, 9.17) is 11.6 Å². The van der Waals surface area contributed by atoms with E-state index in [2.05, 4.69) is 35.1 Å². The highest BCUT2D eigenvalue weighted by Crippen LogP contribution is 2.19. The van der Waals surface area contributed by atoms with E-state index in [0.29, 0.717) is 23.9 Å². The van der Waals surface area contributed by atoms with E-state index in [9.17, 15) is 4.79 Å². The number of amides is 1. The van der Waals surface area contributed by atoms with Crippen molar-refractivity contribution in [1.29, 1.82) is 0 Å². The number of nitrogens with one attached hydrogen (secondary N) is 1. The first kappa shape index (κ1) is 14.5. The average Bonchev–Trinajstić information content (AvgIpc) is 2.28. The topological polar surface area (TPSA) is 29.1 Å². The Morgan fingerprint density at radius 2 is 2.06 bits per heavy atom. The summed E-state index contributed by atoms with van der Waals surface area (Å²) in [4.78, 5) is 11.5. The molecular weight excluding hydrogens is 302 g/mol. The Morgan fingerprint density at radius 3 is 2.65 bits per heavy atom. The van der Waals surface area contributed by atoms with E-state index >= 15 is 0 Å². The van der Waals surface area contributed by atoms with Gasteiger partial charge in [0, 0.05) is 11.6 Å². The molecule has 0 fully saturated rings. The fourth-order valence-corrected chi connectivity index (χ4v) is 2.09. The Balaban J connectivity index is 2.51. The van der Waals surface area contributed by atoms with E-state index in [1.54, 1.807) is 0 Å². The van der Waals surface area contributed by atoms with Crippen molar-refractivity contribution in [2.24, 2.45) is 5.92 Å². The monoisotopic (exact) mass is 317 g/mol. The van der Waals surface area contributed by atoms with Gasteiger partial charge in [0.15, 0.2) is 0 Å². The molecule has 1 N–H and O–H groups in total. The Hall–Kier alpha value is -0.540. The SMILES string of the molecule is CC(C)CNC(=O)C(Br)Cc1ccccc1Cl. The third-order valence-electron chi connectivity index (χ3n) is 2.33. The van der Waals surface area contributed by atoms with Gasteiger partial charge in [-0.05, 0) is 24.0 Å². The largest absolute Gasteiger partial charge is 0.355 e. The molecular formula is C13H17BrClNO. The third kappa shape index (κ3) is 5.09. The number of alkyl halides is 1. The van der Waals surface area contributed by atoms with Crippen molar-refractivity contribution in [2.75, 3.05) is 6.54 Å². The first-order valence-corrected chi connectivity index (χ1v) is 6.95. The van der Waals surface area contributed by atoms with Crippen LogP contribution in [0.5, 0.6) is 0 Å². The highest BCUT2D eigenvalue weighted by atomic mass is 79.9. The number of halogens is 2. The van der Waals surface area contributed by atoms with Gasteiger partial charge in [0.2, 0.25) is 5.91 Å². The van der Waals surface area contributed by atoms with Crippen LogP contribution in [-0.2, 0) is 11.2 Å². The van der Waals surface area contributed by atoms with Gasteiger partial charge in [-0.1, -0.05) is 59.6 Å². The summed E-state index contributed by atoms with van der Waals surface area (Å²) < 4.78 is 0. The van der Waals surface area contributed by atoms with Crippen molar-refractivity contribution >= 4 is 33.4 Å². The van der Waals surface area contributed by atoms with Gasteiger partial charge in [-0.15, -0.1) is 0 Å². The van der Waals surface area contributed by atoms with Crippen molar-refractivity contribution in [1.82, 2.24) is 5.32 Å². The van der Waals surface area contributed by atoms with Gasteiger partial charge in [-0.25, -0.2) is 0 Å². The maximum atomic E-state index is 11.8. The predicted molar refractivity (Wildman–Crippen MR) is 75.7 cm³/mol. The summed E-state index contributed by atoms with van der Waals surface area (Å²) in [7, 11) is 0. The van der Waals surface area contributed by atoms with Crippen LogP contribution in [0.25, 0.3) is 0 Å². The summed E-state index contributed by atoms with van der Waals surface area (Å²) in [6, 6.07) is 7.58. The standard InChI is InChI=1S/C13H17BrClNO/c1-9(2)8-16-13(17)11(14)7-10-5-3-4-6-12(10)15/h3-6,9,11H,7-8H2,1-2H3,(H,16,17). The second-order valence-corrected chi connectivity index (χ2v) is 5.91. The predicted octanol–water partition coefficient (Wildman–Crippen LogP) is 3.42. The lowest BCUT2D eigenvalue weighted by Gasteiger charge is -2.13. The summed E-state index contributed by atoms with van der Waals surface area (Å²) >= 11 is 9.44. The molecule has 94 valence electrons. The van der Waals surface area contributed by atoms with Gasteiger partial charge in [0.05, 0.1) is 4.83 Å². The van der Waals surface area contributed by atoms with Crippen LogP contribution in [0.15, 0.2) is 24.3 Å². The van der Waals surface area contributed by atoms with Crippen molar-refractivity contribution in [3.63, 3.8) is 0 Å². The molecule has 0 heterocycles. The molecule has 0 bridgehead atoms. The van der Waals surface area contributed by atoms with Gasteiger partial charge in [0.1, 0.15) is 0 Å². The van der Waals surface area contributed by atoms with Crippen LogP contribution < -0.4 is 5.32 Å². The molecule has 0 saturated heterocycles. The molecule has 0 spiro atoms. The smallest absolute Gasteiger partial charge is 0.234 e. The van der Waals surface area contributed by atoms with Crippen molar-refractivity contribution < 1.29 is 4.79 Å². The Bertz CT molecular complexity index is 381. The summed E-state index contributed by atoms with van der Waals surface area (Å²) in [6.07, 6.45) is 0.601. The highest BCUT2D eigenvalue weighted by Gasteiger charge is 2.16. The molecule has 1 amide bonds. The number of hydrogen-bond acceptors (Lipinski definition) is 1. The molecule has 0 aliphatic heterocycles. The molecule has 0 aliphatic rings. The second kappa shape index (κ2) is 7.02. The molecule has 0 aliphatic carbocycles. The maximum Gasteiger partial charge on any atom is 0.234 e. The summed E-state index contributed by atoms with van der Waals surface area (Å²) in [5.41, 5.74) is 0.982. The molecule has 17 heavy (non-hydrogen) atoms.